The monoisotopic (exact) mass is 432 g/mol. The van der Waals surface area contributed by atoms with Crippen molar-refractivity contribution in [3.05, 3.63) is 35.9 Å². The number of anilines is 1. The van der Waals surface area contributed by atoms with Crippen LogP contribution in [0.3, 0.4) is 0 Å². The first-order chi connectivity index (χ1) is 14.1. The highest BCUT2D eigenvalue weighted by atomic mass is 32.2. The topological polar surface area (TPSA) is 69.7 Å². The number of nitrogens with zero attached hydrogens (tertiary/aromatic N) is 1. The van der Waals surface area contributed by atoms with E-state index in [0.717, 1.165) is 14.6 Å². The molecule has 154 valence electrons. The number of amides is 1. The number of hydrogen-bond donors (Lipinski definition) is 1. The molecule has 0 aliphatic heterocycles. The summed E-state index contributed by atoms with van der Waals surface area (Å²) in [5.41, 5.74) is 2.08. The molecule has 1 heterocycles. The third kappa shape index (κ3) is 4.94. The van der Waals surface area contributed by atoms with E-state index in [2.05, 4.69) is 10.3 Å². The zero-order chi connectivity index (χ0) is 20.8. The maximum absolute atomic E-state index is 12.9. The summed E-state index contributed by atoms with van der Waals surface area (Å²) in [7, 11) is 0. The Balaban J connectivity index is 1.91. The van der Waals surface area contributed by atoms with Gasteiger partial charge in [-0.1, -0.05) is 11.8 Å². The molecule has 0 radical (unpaired) electrons. The van der Waals surface area contributed by atoms with Crippen LogP contribution in [-0.2, 0) is 0 Å². The Bertz CT molecular complexity index is 977. The van der Waals surface area contributed by atoms with Gasteiger partial charge in [0.05, 0.1) is 30.0 Å². The summed E-state index contributed by atoms with van der Waals surface area (Å²) in [6.07, 6.45) is 2.00. The highest BCUT2D eigenvalue weighted by molar-refractivity contribution is 8.00. The van der Waals surface area contributed by atoms with Crippen LogP contribution in [0.25, 0.3) is 10.2 Å². The van der Waals surface area contributed by atoms with E-state index in [9.17, 15) is 4.79 Å². The van der Waals surface area contributed by atoms with Gasteiger partial charge in [-0.15, -0.1) is 11.3 Å². The molecule has 0 saturated heterocycles. The molecule has 3 aromatic rings. The number of aromatic nitrogens is 1. The molecule has 1 N–H and O–H groups in total. The molecule has 1 aromatic heterocycles. The van der Waals surface area contributed by atoms with Crippen molar-refractivity contribution in [2.24, 2.45) is 0 Å². The number of carbonyl (C=O) groups is 1. The van der Waals surface area contributed by atoms with Crippen LogP contribution in [-0.4, -0.2) is 37.0 Å². The fourth-order valence-corrected chi connectivity index (χ4v) is 4.32. The fraction of sp³-hybridized carbons (Fsp3) is 0.333. The van der Waals surface area contributed by atoms with E-state index < -0.39 is 0 Å². The van der Waals surface area contributed by atoms with Crippen LogP contribution in [0, 0.1) is 0 Å². The van der Waals surface area contributed by atoms with E-state index in [-0.39, 0.29) is 5.91 Å². The van der Waals surface area contributed by atoms with Crippen molar-refractivity contribution in [2.75, 3.05) is 31.4 Å². The smallest absolute Gasteiger partial charge is 0.255 e. The number of hydrogen-bond acceptors (Lipinski definition) is 7. The predicted molar refractivity (Wildman–Crippen MR) is 119 cm³/mol. The van der Waals surface area contributed by atoms with Crippen LogP contribution in [0.4, 0.5) is 5.69 Å². The standard InChI is InChI=1S/C21H24N2O4S2/c1-5-25-16-10-13(11-17(26-6-2)19(16)27-7-3)20(24)22-14-8-9-15-18(12-14)29-21(23-15)28-4/h8-12H,5-7H2,1-4H3,(H,22,24). The lowest BCUT2D eigenvalue weighted by Gasteiger charge is -2.17. The van der Waals surface area contributed by atoms with Crippen LogP contribution >= 0.6 is 23.1 Å². The first kappa shape index (κ1) is 21.3. The first-order valence-electron chi connectivity index (χ1n) is 9.41. The van der Waals surface area contributed by atoms with Gasteiger partial charge in [-0.3, -0.25) is 4.79 Å². The van der Waals surface area contributed by atoms with Crippen molar-refractivity contribution >= 4 is 44.9 Å². The van der Waals surface area contributed by atoms with Gasteiger partial charge in [0.1, 0.15) is 0 Å². The summed E-state index contributed by atoms with van der Waals surface area (Å²) in [6.45, 7) is 7.04. The van der Waals surface area contributed by atoms with Gasteiger partial charge in [-0.05, 0) is 57.4 Å². The lowest BCUT2D eigenvalue weighted by molar-refractivity contribution is 0.102. The number of carbonyl (C=O) groups excluding carboxylic acids is 1. The quantitative estimate of drug-likeness (QED) is 0.452. The molecule has 29 heavy (non-hydrogen) atoms. The minimum Gasteiger partial charge on any atom is -0.490 e. The second kappa shape index (κ2) is 9.84. The Kier molecular flexibility index (Phi) is 7.22. The average Bonchev–Trinajstić information content (AvgIpc) is 3.13. The summed E-state index contributed by atoms with van der Waals surface area (Å²) in [4.78, 5) is 17.4. The summed E-state index contributed by atoms with van der Waals surface area (Å²) in [6, 6.07) is 9.07. The number of fused-ring (bicyclic) bond motifs is 1. The van der Waals surface area contributed by atoms with Gasteiger partial charge in [-0.25, -0.2) is 4.98 Å². The SMILES string of the molecule is CCOc1cc(C(=O)Nc2ccc3nc(SC)sc3c2)cc(OCC)c1OCC. The molecule has 1 amide bonds. The van der Waals surface area contributed by atoms with E-state index in [1.165, 1.54) is 0 Å². The molecule has 0 fully saturated rings. The summed E-state index contributed by atoms with van der Waals surface area (Å²) >= 11 is 3.21. The molecule has 0 aliphatic rings. The Morgan fingerprint density at radius 2 is 1.69 bits per heavy atom. The molecule has 6 nitrogen and oxygen atoms in total. The van der Waals surface area contributed by atoms with Gasteiger partial charge in [0.15, 0.2) is 15.8 Å². The molecular formula is C21H24N2O4S2. The number of benzene rings is 2. The Morgan fingerprint density at radius 1 is 1.03 bits per heavy atom. The normalized spacial score (nSPS) is 10.8. The van der Waals surface area contributed by atoms with E-state index >= 15 is 0 Å². The predicted octanol–water partition coefficient (Wildman–Crippen LogP) is 5.47. The summed E-state index contributed by atoms with van der Waals surface area (Å²) < 4.78 is 19.1. The van der Waals surface area contributed by atoms with Crippen molar-refractivity contribution < 1.29 is 19.0 Å². The maximum Gasteiger partial charge on any atom is 0.255 e. The number of thioether (sulfide) groups is 1. The van der Waals surface area contributed by atoms with E-state index in [1.807, 2.05) is 45.2 Å². The Labute approximate surface area is 178 Å². The van der Waals surface area contributed by atoms with E-state index in [0.29, 0.717) is 48.3 Å². The molecule has 2 aromatic carbocycles. The van der Waals surface area contributed by atoms with Crippen LogP contribution < -0.4 is 19.5 Å². The second-order valence-corrected chi connectivity index (χ2v) is 8.01. The Hall–Kier alpha value is -2.45. The molecule has 0 saturated carbocycles. The number of thiazole rings is 1. The highest BCUT2D eigenvalue weighted by Crippen LogP contribution is 2.39. The average molecular weight is 433 g/mol. The summed E-state index contributed by atoms with van der Waals surface area (Å²) in [5, 5.41) is 2.95. The molecule has 0 aliphatic carbocycles. The third-order valence-electron chi connectivity index (χ3n) is 3.97. The van der Waals surface area contributed by atoms with E-state index in [1.54, 1.807) is 35.2 Å². The van der Waals surface area contributed by atoms with Gasteiger partial charge in [-0.2, -0.15) is 0 Å². The third-order valence-corrected chi connectivity index (χ3v) is 5.98. The van der Waals surface area contributed by atoms with Gasteiger partial charge >= 0.3 is 0 Å². The molecule has 0 atom stereocenters. The molecular weight excluding hydrogens is 408 g/mol. The van der Waals surface area contributed by atoms with Crippen LogP contribution in [0.1, 0.15) is 31.1 Å². The van der Waals surface area contributed by atoms with Crippen molar-refractivity contribution in [2.45, 2.75) is 25.1 Å². The molecule has 0 unspecified atom stereocenters. The van der Waals surface area contributed by atoms with E-state index in [4.69, 9.17) is 14.2 Å². The van der Waals surface area contributed by atoms with Crippen LogP contribution in [0.2, 0.25) is 0 Å². The van der Waals surface area contributed by atoms with Gasteiger partial charge < -0.3 is 19.5 Å². The molecule has 8 heteroatoms. The number of rotatable bonds is 9. The molecule has 0 spiro atoms. The van der Waals surface area contributed by atoms with Crippen molar-refractivity contribution in [3.8, 4) is 17.2 Å². The maximum atomic E-state index is 12.9. The lowest BCUT2D eigenvalue weighted by atomic mass is 10.1. The van der Waals surface area contributed by atoms with Crippen LogP contribution in [0.5, 0.6) is 17.2 Å². The highest BCUT2D eigenvalue weighted by Gasteiger charge is 2.18. The minimum absolute atomic E-state index is 0.246. The molecule has 3 rings (SSSR count). The zero-order valence-corrected chi connectivity index (χ0v) is 18.5. The largest absolute Gasteiger partial charge is 0.490 e. The van der Waals surface area contributed by atoms with Gasteiger partial charge in [0, 0.05) is 11.3 Å². The molecule has 0 bridgehead atoms. The minimum atomic E-state index is -0.246. The van der Waals surface area contributed by atoms with Crippen molar-refractivity contribution in [3.63, 3.8) is 0 Å². The summed E-state index contributed by atoms with van der Waals surface area (Å²) in [5.74, 6) is 1.26. The Morgan fingerprint density at radius 3 is 2.28 bits per heavy atom. The number of ether oxygens (including phenoxy) is 3. The zero-order valence-electron chi connectivity index (χ0n) is 16.9. The van der Waals surface area contributed by atoms with Crippen molar-refractivity contribution in [1.82, 2.24) is 4.98 Å². The number of nitrogens with one attached hydrogen (secondary N) is 1. The van der Waals surface area contributed by atoms with Crippen molar-refractivity contribution in [1.29, 1.82) is 0 Å². The first-order valence-corrected chi connectivity index (χ1v) is 11.5. The second-order valence-electron chi connectivity index (χ2n) is 5.92. The van der Waals surface area contributed by atoms with Gasteiger partial charge in [0.25, 0.3) is 5.91 Å². The van der Waals surface area contributed by atoms with Gasteiger partial charge in [0.2, 0.25) is 5.75 Å². The fourth-order valence-electron chi connectivity index (χ4n) is 2.79. The lowest BCUT2D eigenvalue weighted by Crippen LogP contribution is -2.13. The van der Waals surface area contributed by atoms with Crippen LogP contribution in [0.15, 0.2) is 34.7 Å².